The number of ether oxygens (including phenoxy) is 2. The van der Waals surface area contributed by atoms with Crippen LogP contribution in [0.1, 0.15) is 67.7 Å². The summed E-state index contributed by atoms with van der Waals surface area (Å²) >= 11 is 0. The van der Waals surface area contributed by atoms with Gasteiger partial charge < -0.3 is 34.7 Å². The molecule has 0 spiro atoms. The van der Waals surface area contributed by atoms with Gasteiger partial charge in [-0.05, 0) is 56.8 Å². The number of benzene rings is 1. The predicted octanol–water partition coefficient (Wildman–Crippen LogP) is 2.67. The molecule has 0 saturated carbocycles. The molecule has 0 radical (unpaired) electrons. The first-order valence-electron chi connectivity index (χ1n) is 14.3. The van der Waals surface area contributed by atoms with E-state index in [1.54, 1.807) is 12.3 Å². The first-order chi connectivity index (χ1) is 19.4. The molecule has 11 heteroatoms. The number of hydrogen-bond acceptors (Lipinski definition) is 9. The van der Waals surface area contributed by atoms with E-state index in [1.165, 1.54) is 0 Å². The number of carbonyl (C=O) groups is 2. The minimum absolute atomic E-state index is 0.00559. The lowest BCUT2D eigenvalue weighted by atomic mass is 9.83. The molecule has 1 fully saturated rings. The second-order valence-electron chi connectivity index (χ2n) is 10.7. The third-order valence-electron chi connectivity index (χ3n) is 7.88. The van der Waals surface area contributed by atoms with Crippen molar-refractivity contribution in [3.05, 3.63) is 41.1 Å². The van der Waals surface area contributed by atoms with Crippen LogP contribution in [0.3, 0.4) is 0 Å². The summed E-state index contributed by atoms with van der Waals surface area (Å²) in [6.45, 7) is 6.10. The Kier molecular flexibility index (Phi) is 10.4. The third-order valence-corrected chi connectivity index (χ3v) is 7.88. The molecular weight excluding hydrogens is 516 g/mol. The molecule has 0 bridgehead atoms. The highest BCUT2D eigenvalue weighted by molar-refractivity contribution is 5.79. The number of nitrogens with two attached hydrogens (primary N) is 1. The van der Waals surface area contributed by atoms with Crippen LogP contribution in [0.4, 0.5) is 0 Å². The largest absolute Gasteiger partial charge is 0.481 e. The van der Waals surface area contributed by atoms with Crippen LogP contribution in [0.5, 0.6) is 11.5 Å². The van der Waals surface area contributed by atoms with Gasteiger partial charge in [-0.1, -0.05) is 13.3 Å². The van der Waals surface area contributed by atoms with Crippen molar-refractivity contribution >= 4 is 11.9 Å². The number of carboxylic acid groups (broad SMARTS) is 1. The van der Waals surface area contributed by atoms with E-state index in [0.29, 0.717) is 67.7 Å². The summed E-state index contributed by atoms with van der Waals surface area (Å²) in [5, 5.41) is 20.4. The fourth-order valence-electron chi connectivity index (χ4n) is 5.85. The maximum atomic E-state index is 13.6. The number of carbonyl (C=O) groups excluding carboxylic acids is 1. The Balaban J connectivity index is 1.62. The number of unbranched alkanes of at least 4 members (excludes halogenated alkanes) is 2. The normalized spacial score (nSPS) is 20.2. The van der Waals surface area contributed by atoms with Crippen LogP contribution in [0.15, 0.2) is 22.7 Å². The zero-order chi connectivity index (χ0) is 28.6. The quantitative estimate of drug-likeness (QED) is 0.278. The molecule has 2 aliphatic heterocycles. The molecule has 2 aliphatic rings. The molecule has 40 heavy (non-hydrogen) atoms. The highest BCUT2D eigenvalue weighted by Crippen LogP contribution is 2.44. The average molecular weight is 559 g/mol. The van der Waals surface area contributed by atoms with Crippen LogP contribution in [0.25, 0.3) is 0 Å². The van der Waals surface area contributed by atoms with Crippen LogP contribution in [-0.4, -0.2) is 82.4 Å². The molecule has 1 aromatic heterocycles. The number of aryl methyl sites for hydroxylation is 2. The number of carboxylic acids is 1. The van der Waals surface area contributed by atoms with Gasteiger partial charge in [0.25, 0.3) is 0 Å². The number of amides is 1. The van der Waals surface area contributed by atoms with Gasteiger partial charge in [-0.2, -0.15) is 0 Å². The summed E-state index contributed by atoms with van der Waals surface area (Å²) in [6.07, 6.45) is 6.14. The van der Waals surface area contributed by atoms with Gasteiger partial charge in [-0.25, -0.2) is 4.98 Å². The summed E-state index contributed by atoms with van der Waals surface area (Å²) in [5.74, 6) is 0.104. The predicted molar refractivity (Wildman–Crippen MR) is 147 cm³/mol. The molecule has 0 unspecified atom stereocenters. The second-order valence-corrected chi connectivity index (χ2v) is 10.7. The lowest BCUT2D eigenvalue weighted by Gasteiger charge is -2.29. The van der Waals surface area contributed by atoms with E-state index >= 15 is 0 Å². The number of aliphatic hydroxyl groups is 1. The topological polar surface area (TPSA) is 152 Å². The monoisotopic (exact) mass is 558 g/mol. The molecule has 1 amide bonds. The minimum Gasteiger partial charge on any atom is -0.481 e. The van der Waals surface area contributed by atoms with Crippen LogP contribution >= 0.6 is 0 Å². The van der Waals surface area contributed by atoms with E-state index < -0.39 is 23.8 Å². The molecule has 3 heterocycles. The van der Waals surface area contributed by atoms with Gasteiger partial charge in [0.15, 0.2) is 17.4 Å². The Hall–Kier alpha value is -3.15. The Morgan fingerprint density at radius 2 is 2.00 bits per heavy atom. The molecule has 2 aromatic rings. The lowest BCUT2D eigenvalue weighted by molar-refractivity contribution is -0.143. The van der Waals surface area contributed by atoms with Crippen LogP contribution in [0.2, 0.25) is 0 Å². The van der Waals surface area contributed by atoms with Crippen LogP contribution < -0.4 is 15.2 Å². The van der Waals surface area contributed by atoms with Crippen molar-refractivity contribution in [3.8, 4) is 11.5 Å². The van der Waals surface area contributed by atoms with E-state index in [2.05, 4.69) is 11.9 Å². The Morgan fingerprint density at radius 3 is 2.67 bits per heavy atom. The lowest BCUT2D eigenvalue weighted by Crippen LogP contribution is -2.45. The van der Waals surface area contributed by atoms with Gasteiger partial charge in [-0.15, -0.1) is 0 Å². The fraction of sp³-hybridized carbons (Fsp3) is 0.621. The highest BCUT2D eigenvalue weighted by Gasteiger charge is 2.47. The van der Waals surface area contributed by atoms with E-state index in [-0.39, 0.29) is 25.9 Å². The van der Waals surface area contributed by atoms with Gasteiger partial charge in [0.05, 0.1) is 25.3 Å². The molecule has 220 valence electrons. The summed E-state index contributed by atoms with van der Waals surface area (Å²) < 4.78 is 16.8. The van der Waals surface area contributed by atoms with Crippen molar-refractivity contribution in [1.82, 2.24) is 14.8 Å². The Morgan fingerprint density at radius 1 is 1.20 bits per heavy atom. The summed E-state index contributed by atoms with van der Waals surface area (Å²) in [5.41, 5.74) is 6.99. The summed E-state index contributed by atoms with van der Waals surface area (Å²) in [6, 6.07) is 3.19. The Bertz CT molecular complexity index is 1150. The van der Waals surface area contributed by atoms with Crippen LogP contribution in [0, 0.1) is 12.8 Å². The molecule has 1 aromatic carbocycles. The number of fused-ring (bicyclic) bond motifs is 1. The van der Waals surface area contributed by atoms with Gasteiger partial charge in [0.2, 0.25) is 12.7 Å². The second kappa shape index (κ2) is 14.0. The van der Waals surface area contributed by atoms with E-state index in [9.17, 15) is 19.8 Å². The number of nitrogens with zero attached hydrogens (tertiary/aromatic N) is 3. The zero-order valence-electron chi connectivity index (χ0n) is 23.5. The third kappa shape index (κ3) is 6.94. The molecular formula is C29H42N4O7. The number of aromatic nitrogens is 1. The summed E-state index contributed by atoms with van der Waals surface area (Å²) in [7, 11) is 0. The number of aliphatic hydroxyl groups excluding tert-OH is 1. The van der Waals surface area contributed by atoms with Gasteiger partial charge in [-0.3, -0.25) is 14.5 Å². The van der Waals surface area contributed by atoms with Crippen molar-refractivity contribution in [1.29, 1.82) is 0 Å². The molecule has 4 N–H and O–H groups in total. The maximum absolute atomic E-state index is 13.6. The maximum Gasteiger partial charge on any atom is 0.308 e. The molecule has 3 atom stereocenters. The number of oxazole rings is 1. The first kappa shape index (κ1) is 29.8. The standard InChI is InChI=1S/C29H42N4O7/c1-3-4-10-32(11-6-5-9-30)26(35)16-33-15-22(20-12-21(17-34)28-24(13-20)38-18-39-28)27(29(36)37)23(33)7-8-25-31-14-19(2)40-25/h12-14,22-23,27,34H,3-11,15-18,30H2,1-2H3,(H,36,37)/t22-,23+,27-/m1/s1. The Labute approximate surface area is 235 Å². The molecule has 0 aliphatic carbocycles. The van der Waals surface area contributed by atoms with Gasteiger partial charge in [0.1, 0.15) is 5.76 Å². The van der Waals surface area contributed by atoms with Crippen LogP contribution in [-0.2, 0) is 22.6 Å². The average Bonchev–Trinajstić information content (AvgIpc) is 3.67. The fourth-order valence-corrected chi connectivity index (χ4v) is 5.85. The van der Waals surface area contributed by atoms with E-state index in [1.807, 2.05) is 22.8 Å². The SMILES string of the molecule is CCCCN(CCCCN)C(=O)CN1C[C@H](c2cc(CO)c3c(c2)OCO3)[C@@H](C(=O)O)[C@@H]1CCc1ncc(C)o1. The smallest absolute Gasteiger partial charge is 0.308 e. The number of hydrogen-bond donors (Lipinski definition) is 3. The summed E-state index contributed by atoms with van der Waals surface area (Å²) in [4.78, 5) is 34.6. The van der Waals surface area contributed by atoms with Crippen molar-refractivity contribution in [2.75, 3.05) is 39.5 Å². The van der Waals surface area contributed by atoms with E-state index in [0.717, 1.165) is 31.2 Å². The number of aliphatic carboxylic acids is 1. The van der Waals surface area contributed by atoms with E-state index in [4.69, 9.17) is 19.6 Å². The van der Waals surface area contributed by atoms with Crippen molar-refractivity contribution < 1.29 is 33.7 Å². The highest BCUT2D eigenvalue weighted by atomic mass is 16.7. The first-order valence-corrected chi connectivity index (χ1v) is 14.3. The number of likely N-dealkylation sites (tertiary alicyclic amines) is 1. The zero-order valence-corrected chi connectivity index (χ0v) is 23.5. The molecule has 4 rings (SSSR count). The number of rotatable bonds is 15. The molecule has 1 saturated heterocycles. The van der Waals surface area contributed by atoms with Gasteiger partial charge >= 0.3 is 5.97 Å². The van der Waals surface area contributed by atoms with Crippen molar-refractivity contribution in [2.45, 2.75) is 70.9 Å². The molecule has 11 nitrogen and oxygen atoms in total. The van der Waals surface area contributed by atoms with Crippen molar-refractivity contribution in [2.24, 2.45) is 11.7 Å². The van der Waals surface area contributed by atoms with Gasteiger partial charge in [0, 0.05) is 43.6 Å². The minimum atomic E-state index is -0.928. The van der Waals surface area contributed by atoms with Crippen molar-refractivity contribution in [3.63, 3.8) is 0 Å².